The molecule has 62 valence electrons. The maximum atomic E-state index is 5.38. The van der Waals surface area contributed by atoms with Crippen LogP contribution >= 0.6 is 12.6 Å². The molecule has 0 aliphatic rings. The number of aromatic nitrogens is 1. The van der Waals surface area contributed by atoms with Crippen molar-refractivity contribution in [1.29, 1.82) is 0 Å². The Kier molecular flexibility index (Phi) is 1.78. The van der Waals surface area contributed by atoms with Gasteiger partial charge in [-0.25, -0.2) is 4.98 Å². The number of hydrogen-bond acceptors (Lipinski definition) is 4. The summed E-state index contributed by atoms with van der Waals surface area (Å²) in [5.74, 6) is 0.559. The van der Waals surface area contributed by atoms with E-state index in [4.69, 9.17) is 10.2 Å². The van der Waals surface area contributed by atoms with Crippen LogP contribution < -0.4 is 5.73 Å². The van der Waals surface area contributed by atoms with Gasteiger partial charge in [-0.1, -0.05) is 0 Å². The molecular formula is C8H8N2OS. The molecule has 0 fully saturated rings. The third kappa shape index (κ3) is 1.19. The molecule has 0 bridgehead atoms. The van der Waals surface area contributed by atoms with Crippen LogP contribution in [0.2, 0.25) is 0 Å². The normalized spacial score (nSPS) is 10.8. The molecule has 1 heterocycles. The average molecular weight is 180 g/mol. The minimum Gasteiger partial charge on any atom is -0.439 e. The Balaban J connectivity index is 2.67. The van der Waals surface area contributed by atoms with Gasteiger partial charge in [-0.15, -0.1) is 12.6 Å². The van der Waals surface area contributed by atoms with E-state index in [1.54, 1.807) is 0 Å². The zero-order valence-corrected chi connectivity index (χ0v) is 7.21. The Morgan fingerprint density at radius 2 is 2.33 bits per heavy atom. The van der Waals surface area contributed by atoms with Crippen LogP contribution in [0, 0.1) is 0 Å². The minimum atomic E-state index is 0.330. The number of fused-ring (bicyclic) bond motifs is 1. The van der Waals surface area contributed by atoms with E-state index in [1.807, 2.05) is 18.2 Å². The fourth-order valence-electron chi connectivity index (χ4n) is 1.05. The molecule has 1 aromatic carbocycles. The summed E-state index contributed by atoms with van der Waals surface area (Å²) in [4.78, 5) is 5.01. The van der Waals surface area contributed by atoms with Crippen molar-refractivity contribution in [1.82, 2.24) is 4.98 Å². The van der Waals surface area contributed by atoms with Crippen molar-refractivity contribution in [3.63, 3.8) is 0 Å². The summed E-state index contributed by atoms with van der Waals surface area (Å²) in [5.41, 5.74) is 6.94. The van der Waals surface area contributed by atoms with Crippen LogP contribution in [0.3, 0.4) is 0 Å². The molecule has 0 aliphatic carbocycles. The number of oxazole rings is 1. The van der Waals surface area contributed by atoms with Gasteiger partial charge < -0.3 is 10.2 Å². The van der Waals surface area contributed by atoms with Crippen molar-refractivity contribution in [2.45, 2.75) is 11.4 Å². The summed E-state index contributed by atoms with van der Waals surface area (Å²) in [7, 11) is 0. The second-order valence-corrected chi connectivity index (χ2v) is 2.98. The van der Waals surface area contributed by atoms with Crippen molar-refractivity contribution in [3.8, 4) is 0 Å². The third-order valence-corrected chi connectivity index (χ3v) is 1.87. The van der Waals surface area contributed by atoms with E-state index in [2.05, 4.69) is 17.6 Å². The summed E-state index contributed by atoms with van der Waals surface area (Å²) in [5, 5.41) is 0. The SMILES string of the molecule is NCc1nc2ccc(S)cc2o1. The highest BCUT2D eigenvalue weighted by molar-refractivity contribution is 7.80. The fraction of sp³-hybridized carbons (Fsp3) is 0.125. The predicted octanol–water partition coefficient (Wildman–Crippen LogP) is 1.58. The lowest BCUT2D eigenvalue weighted by Gasteiger charge is -1.87. The first kappa shape index (κ1) is 7.64. The molecule has 12 heavy (non-hydrogen) atoms. The molecule has 0 amide bonds. The first-order valence-corrected chi connectivity index (χ1v) is 4.03. The average Bonchev–Trinajstić information content (AvgIpc) is 2.46. The molecular weight excluding hydrogens is 172 g/mol. The molecule has 0 unspecified atom stereocenters. The van der Waals surface area contributed by atoms with Gasteiger partial charge in [-0.2, -0.15) is 0 Å². The van der Waals surface area contributed by atoms with Gasteiger partial charge in [-0.3, -0.25) is 0 Å². The van der Waals surface area contributed by atoms with E-state index in [0.717, 1.165) is 16.0 Å². The van der Waals surface area contributed by atoms with E-state index in [-0.39, 0.29) is 0 Å². The molecule has 3 nitrogen and oxygen atoms in total. The Morgan fingerprint density at radius 1 is 1.50 bits per heavy atom. The van der Waals surface area contributed by atoms with Crippen LogP contribution in [0.1, 0.15) is 5.89 Å². The first-order valence-electron chi connectivity index (χ1n) is 3.58. The number of nitrogens with two attached hydrogens (primary N) is 1. The summed E-state index contributed by atoms with van der Waals surface area (Å²) in [6.45, 7) is 0.330. The lowest BCUT2D eigenvalue weighted by atomic mass is 10.3. The van der Waals surface area contributed by atoms with E-state index in [0.29, 0.717) is 12.4 Å². The Labute approximate surface area is 75.0 Å². The van der Waals surface area contributed by atoms with Crippen molar-refractivity contribution in [2.24, 2.45) is 5.73 Å². The predicted molar refractivity (Wildman–Crippen MR) is 49.2 cm³/mol. The molecule has 4 heteroatoms. The quantitative estimate of drug-likeness (QED) is 0.655. The van der Waals surface area contributed by atoms with E-state index < -0.39 is 0 Å². The zero-order chi connectivity index (χ0) is 8.55. The van der Waals surface area contributed by atoms with Gasteiger partial charge in [0.15, 0.2) is 5.58 Å². The highest BCUT2D eigenvalue weighted by Crippen LogP contribution is 2.18. The zero-order valence-electron chi connectivity index (χ0n) is 6.32. The summed E-state index contributed by atoms with van der Waals surface area (Å²) in [6, 6.07) is 5.55. The smallest absolute Gasteiger partial charge is 0.209 e. The van der Waals surface area contributed by atoms with Crippen molar-refractivity contribution in [3.05, 3.63) is 24.1 Å². The van der Waals surface area contributed by atoms with E-state index in [9.17, 15) is 0 Å². The van der Waals surface area contributed by atoms with Gasteiger partial charge in [0.1, 0.15) is 5.52 Å². The third-order valence-electron chi connectivity index (χ3n) is 1.59. The molecule has 2 rings (SSSR count). The van der Waals surface area contributed by atoms with Gasteiger partial charge in [-0.05, 0) is 18.2 Å². The number of nitrogens with zero attached hydrogens (tertiary/aromatic N) is 1. The monoisotopic (exact) mass is 180 g/mol. The largest absolute Gasteiger partial charge is 0.439 e. The maximum absolute atomic E-state index is 5.38. The maximum Gasteiger partial charge on any atom is 0.209 e. The summed E-state index contributed by atoms with van der Waals surface area (Å²) < 4.78 is 5.31. The Morgan fingerprint density at radius 3 is 3.08 bits per heavy atom. The van der Waals surface area contributed by atoms with Gasteiger partial charge in [0.05, 0.1) is 6.54 Å². The van der Waals surface area contributed by atoms with Crippen molar-refractivity contribution < 1.29 is 4.42 Å². The molecule has 0 aliphatic heterocycles. The van der Waals surface area contributed by atoms with Crippen LogP contribution in [-0.4, -0.2) is 4.98 Å². The standard InChI is InChI=1S/C8H8N2OS/c9-4-8-10-6-2-1-5(12)3-7(6)11-8/h1-3,12H,4,9H2. The molecule has 2 N–H and O–H groups in total. The number of rotatable bonds is 1. The van der Waals surface area contributed by atoms with E-state index >= 15 is 0 Å². The second-order valence-electron chi connectivity index (χ2n) is 2.46. The molecule has 0 atom stereocenters. The van der Waals surface area contributed by atoms with Crippen molar-refractivity contribution >= 4 is 23.7 Å². The number of hydrogen-bond donors (Lipinski definition) is 2. The first-order chi connectivity index (χ1) is 5.79. The van der Waals surface area contributed by atoms with Crippen LogP contribution in [0.25, 0.3) is 11.1 Å². The summed E-state index contributed by atoms with van der Waals surface area (Å²) in [6.07, 6.45) is 0. The lowest BCUT2D eigenvalue weighted by molar-refractivity contribution is 0.533. The Hall–Kier alpha value is -1.00. The molecule has 0 saturated heterocycles. The fourth-order valence-corrected chi connectivity index (χ4v) is 1.24. The van der Waals surface area contributed by atoms with Crippen LogP contribution in [0.4, 0.5) is 0 Å². The van der Waals surface area contributed by atoms with Gasteiger partial charge >= 0.3 is 0 Å². The van der Waals surface area contributed by atoms with E-state index in [1.165, 1.54) is 0 Å². The molecule has 0 saturated carbocycles. The topological polar surface area (TPSA) is 52.0 Å². The molecule has 1 aromatic heterocycles. The number of thiol groups is 1. The molecule has 0 spiro atoms. The lowest BCUT2D eigenvalue weighted by Crippen LogP contribution is -1.94. The van der Waals surface area contributed by atoms with Crippen LogP contribution in [0.5, 0.6) is 0 Å². The highest BCUT2D eigenvalue weighted by atomic mass is 32.1. The van der Waals surface area contributed by atoms with Crippen LogP contribution in [-0.2, 0) is 6.54 Å². The van der Waals surface area contributed by atoms with Crippen molar-refractivity contribution in [2.75, 3.05) is 0 Å². The van der Waals surface area contributed by atoms with Gasteiger partial charge in [0, 0.05) is 4.90 Å². The molecule has 2 aromatic rings. The summed E-state index contributed by atoms with van der Waals surface area (Å²) >= 11 is 4.18. The van der Waals surface area contributed by atoms with Gasteiger partial charge in [0.2, 0.25) is 5.89 Å². The van der Waals surface area contributed by atoms with Gasteiger partial charge in [0.25, 0.3) is 0 Å². The highest BCUT2D eigenvalue weighted by Gasteiger charge is 2.02. The second kappa shape index (κ2) is 2.80. The van der Waals surface area contributed by atoms with Crippen LogP contribution in [0.15, 0.2) is 27.5 Å². The molecule has 0 radical (unpaired) electrons. The Bertz CT molecular complexity index is 410. The minimum absolute atomic E-state index is 0.330. The number of benzene rings is 1.